The molecular formula is C7H10Cl2O. The molecule has 58 valence electrons. The Hall–Kier alpha value is 0.250. The molecular weight excluding hydrogens is 171 g/mol. The molecule has 1 unspecified atom stereocenters. The van der Waals surface area contributed by atoms with Crippen LogP contribution in [0.2, 0.25) is 0 Å². The molecule has 1 nitrogen and oxygen atoms in total. The van der Waals surface area contributed by atoms with E-state index in [1.165, 1.54) is 0 Å². The summed E-state index contributed by atoms with van der Waals surface area (Å²) in [7, 11) is 0. The molecule has 1 aliphatic carbocycles. The average molecular weight is 181 g/mol. The molecule has 0 spiro atoms. The zero-order valence-corrected chi connectivity index (χ0v) is 7.54. The molecule has 1 saturated carbocycles. The van der Waals surface area contributed by atoms with Gasteiger partial charge in [0.2, 0.25) is 0 Å². The number of hydrogen-bond acceptors (Lipinski definition) is 1. The molecule has 0 heterocycles. The molecule has 1 aliphatic rings. The molecule has 1 fully saturated rings. The van der Waals surface area contributed by atoms with Crippen LogP contribution in [-0.2, 0) is 4.79 Å². The molecule has 0 aliphatic heterocycles. The SMILES string of the molecule is CC(C)(Cl)C[C@@H]1C(=O)C1Cl. The van der Waals surface area contributed by atoms with Crippen molar-refractivity contribution in [2.75, 3.05) is 0 Å². The first kappa shape index (κ1) is 8.35. The Morgan fingerprint density at radius 1 is 1.60 bits per heavy atom. The Bertz CT molecular complexity index is 159. The van der Waals surface area contributed by atoms with Gasteiger partial charge >= 0.3 is 0 Å². The predicted molar refractivity (Wildman–Crippen MR) is 42.7 cm³/mol. The lowest BCUT2D eigenvalue weighted by molar-refractivity contribution is -0.111. The van der Waals surface area contributed by atoms with Crippen LogP contribution in [0, 0.1) is 5.92 Å². The molecule has 2 atom stereocenters. The van der Waals surface area contributed by atoms with Crippen molar-refractivity contribution >= 4 is 29.0 Å². The minimum absolute atomic E-state index is 0.0224. The second-order valence-electron chi connectivity index (χ2n) is 3.33. The Balaban J connectivity index is 2.36. The van der Waals surface area contributed by atoms with Crippen molar-refractivity contribution in [1.29, 1.82) is 0 Å². The standard InChI is InChI=1S/C7H10Cl2O/c1-7(2,9)3-4-5(8)6(4)10/h4-5H,3H2,1-2H3/t4-,5?/m0/s1. The number of hydrogen-bond donors (Lipinski definition) is 0. The van der Waals surface area contributed by atoms with E-state index in [1.54, 1.807) is 0 Å². The van der Waals surface area contributed by atoms with E-state index in [9.17, 15) is 4.79 Å². The van der Waals surface area contributed by atoms with Crippen molar-refractivity contribution in [3.63, 3.8) is 0 Å². The van der Waals surface area contributed by atoms with E-state index in [4.69, 9.17) is 23.2 Å². The monoisotopic (exact) mass is 180 g/mol. The van der Waals surface area contributed by atoms with Crippen molar-refractivity contribution in [2.24, 2.45) is 5.92 Å². The van der Waals surface area contributed by atoms with E-state index in [0.29, 0.717) is 6.42 Å². The van der Waals surface area contributed by atoms with E-state index >= 15 is 0 Å². The highest BCUT2D eigenvalue weighted by Gasteiger charge is 2.49. The van der Waals surface area contributed by atoms with Gasteiger partial charge in [0.05, 0.1) is 0 Å². The van der Waals surface area contributed by atoms with Gasteiger partial charge < -0.3 is 0 Å². The van der Waals surface area contributed by atoms with Crippen molar-refractivity contribution in [2.45, 2.75) is 30.5 Å². The second-order valence-corrected chi connectivity index (χ2v) is 4.83. The summed E-state index contributed by atoms with van der Waals surface area (Å²) in [5.41, 5.74) is 0. The molecule has 0 amide bonds. The van der Waals surface area contributed by atoms with Gasteiger partial charge in [-0.1, -0.05) is 0 Å². The Labute approximate surface area is 70.7 Å². The first-order chi connectivity index (χ1) is 4.42. The van der Waals surface area contributed by atoms with Crippen LogP contribution in [0.25, 0.3) is 0 Å². The van der Waals surface area contributed by atoms with Crippen molar-refractivity contribution in [3.05, 3.63) is 0 Å². The van der Waals surface area contributed by atoms with Crippen LogP contribution >= 0.6 is 23.2 Å². The molecule has 0 N–H and O–H groups in total. The highest BCUT2D eigenvalue weighted by Crippen LogP contribution is 2.39. The first-order valence-corrected chi connectivity index (χ1v) is 4.10. The number of alkyl halides is 2. The van der Waals surface area contributed by atoms with Crippen molar-refractivity contribution in [1.82, 2.24) is 0 Å². The number of carbonyl (C=O) groups excluding carboxylic acids is 1. The van der Waals surface area contributed by atoms with Gasteiger partial charge in [-0.3, -0.25) is 4.79 Å². The van der Waals surface area contributed by atoms with E-state index in [2.05, 4.69) is 0 Å². The molecule has 0 aromatic rings. The summed E-state index contributed by atoms with van der Waals surface area (Å²) < 4.78 is 0. The van der Waals surface area contributed by atoms with Gasteiger partial charge in [-0.05, 0) is 20.3 Å². The van der Waals surface area contributed by atoms with E-state index < -0.39 is 0 Å². The molecule has 3 heteroatoms. The molecule has 0 aromatic carbocycles. The average Bonchev–Trinajstić information content (AvgIpc) is 2.19. The minimum Gasteiger partial charge on any atom is -0.298 e. The highest BCUT2D eigenvalue weighted by atomic mass is 35.5. The molecule has 0 bridgehead atoms. The van der Waals surface area contributed by atoms with Crippen LogP contribution in [0.4, 0.5) is 0 Å². The number of rotatable bonds is 2. The summed E-state index contributed by atoms with van der Waals surface area (Å²) in [6.07, 6.45) is 0.696. The summed E-state index contributed by atoms with van der Waals surface area (Å²) in [5.74, 6) is 0.171. The lowest BCUT2D eigenvalue weighted by atomic mass is 10.1. The highest BCUT2D eigenvalue weighted by molar-refractivity contribution is 6.40. The summed E-state index contributed by atoms with van der Waals surface area (Å²) in [4.78, 5) is 10.4. The number of Topliss-reactive ketones (excluding diaryl/α,β-unsaturated/α-hetero) is 1. The number of ketones is 1. The van der Waals surface area contributed by atoms with Gasteiger partial charge in [0.15, 0.2) is 5.78 Å². The fourth-order valence-corrected chi connectivity index (χ4v) is 1.45. The number of halogens is 2. The van der Waals surface area contributed by atoms with Gasteiger partial charge in [0.1, 0.15) is 5.38 Å². The summed E-state index contributed by atoms with van der Waals surface area (Å²) in [6, 6.07) is 0. The second kappa shape index (κ2) is 2.38. The van der Waals surface area contributed by atoms with Gasteiger partial charge in [0.25, 0.3) is 0 Å². The maximum absolute atomic E-state index is 10.7. The van der Waals surface area contributed by atoms with Crippen molar-refractivity contribution in [3.8, 4) is 0 Å². The first-order valence-electron chi connectivity index (χ1n) is 3.28. The smallest absolute Gasteiger partial charge is 0.156 e. The molecule has 1 rings (SSSR count). The summed E-state index contributed by atoms with van der Waals surface area (Å²) >= 11 is 11.5. The van der Waals surface area contributed by atoms with Crippen LogP contribution in [0.3, 0.4) is 0 Å². The van der Waals surface area contributed by atoms with Crippen LogP contribution < -0.4 is 0 Å². The van der Waals surface area contributed by atoms with Crippen LogP contribution in [-0.4, -0.2) is 16.0 Å². The molecule has 10 heavy (non-hydrogen) atoms. The normalized spacial score (nSPS) is 32.6. The number of carbonyl (C=O) groups is 1. The third kappa shape index (κ3) is 1.86. The zero-order valence-electron chi connectivity index (χ0n) is 6.03. The van der Waals surface area contributed by atoms with E-state index in [-0.39, 0.29) is 22.0 Å². The Morgan fingerprint density at radius 2 is 2.00 bits per heavy atom. The van der Waals surface area contributed by atoms with Crippen molar-refractivity contribution < 1.29 is 4.79 Å². The third-order valence-electron chi connectivity index (χ3n) is 1.59. The Morgan fingerprint density at radius 3 is 2.10 bits per heavy atom. The Kier molecular flexibility index (Phi) is 1.99. The maximum Gasteiger partial charge on any atom is 0.156 e. The molecule has 0 aromatic heterocycles. The van der Waals surface area contributed by atoms with Gasteiger partial charge in [0, 0.05) is 10.8 Å². The summed E-state index contributed by atoms with van der Waals surface area (Å²) in [6.45, 7) is 3.79. The maximum atomic E-state index is 10.7. The van der Waals surface area contributed by atoms with Gasteiger partial charge in [-0.2, -0.15) is 0 Å². The molecule has 0 radical (unpaired) electrons. The van der Waals surface area contributed by atoms with Crippen LogP contribution in [0.5, 0.6) is 0 Å². The minimum atomic E-state index is -0.288. The fraction of sp³-hybridized carbons (Fsp3) is 0.857. The largest absolute Gasteiger partial charge is 0.298 e. The predicted octanol–water partition coefficient (Wildman–Crippen LogP) is 2.20. The lowest BCUT2D eigenvalue weighted by Gasteiger charge is -2.12. The zero-order chi connectivity index (χ0) is 7.94. The summed E-state index contributed by atoms with van der Waals surface area (Å²) in [5, 5.41) is -0.252. The van der Waals surface area contributed by atoms with Gasteiger partial charge in [-0.15, -0.1) is 23.2 Å². The molecule has 0 saturated heterocycles. The van der Waals surface area contributed by atoms with Crippen LogP contribution in [0.15, 0.2) is 0 Å². The fourth-order valence-electron chi connectivity index (χ4n) is 0.984. The lowest BCUT2D eigenvalue weighted by Crippen LogP contribution is -2.11. The van der Waals surface area contributed by atoms with Gasteiger partial charge in [-0.25, -0.2) is 0 Å². The topological polar surface area (TPSA) is 17.1 Å². The third-order valence-corrected chi connectivity index (χ3v) is 2.26. The van der Waals surface area contributed by atoms with E-state index in [1.807, 2.05) is 13.8 Å². The quantitative estimate of drug-likeness (QED) is 0.596. The van der Waals surface area contributed by atoms with Crippen LogP contribution in [0.1, 0.15) is 20.3 Å². The van der Waals surface area contributed by atoms with E-state index in [0.717, 1.165) is 0 Å².